The molecule has 0 aromatic carbocycles. The molecular weight excluding hydrogens is 251 g/mol. The first-order valence-electron chi connectivity index (χ1n) is 5.73. The van der Waals surface area contributed by atoms with Gasteiger partial charge in [-0.3, -0.25) is 4.90 Å². The summed E-state index contributed by atoms with van der Waals surface area (Å²) in [7, 11) is 1.53. The molecule has 1 N–H and O–H groups in total. The minimum absolute atomic E-state index is 0.247. The molecule has 1 fully saturated rings. The quantitative estimate of drug-likeness (QED) is 0.757. The van der Waals surface area contributed by atoms with Gasteiger partial charge in [0.1, 0.15) is 0 Å². The molecule has 2 amide bonds. The van der Waals surface area contributed by atoms with Gasteiger partial charge < -0.3 is 15.0 Å². The molecule has 1 aliphatic rings. The number of alkyl halides is 3. The van der Waals surface area contributed by atoms with E-state index in [1.54, 1.807) is 0 Å². The second-order valence-electron chi connectivity index (χ2n) is 4.10. The van der Waals surface area contributed by atoms with Gasteiger partial charge in [-0.05, 0) is 0 Å². The third-order valence-corrected chi connectivity index (χ3v) is 2.64. The topological polar surface area (TPSA) is 44.8 Å². The lowest BCUT2D eigenvalue weighted by molar-refractivity contribution is -0.148. The molecule has 1 rings (SSSR count). The van der Waals surface area contributed by atoms with Gasteiger partial charge in [-0.25, -0.2) is 4.79 Å². The molecule has 0 spiro atoms. The van der Waals surface area contributed by atoms with Gasteiger partial charge in [0.25, 0.3) is 0 Å². The lowest BCUT2D eigenvalue weighted by Gasteiger charge is -2.34. The molecule has 0 radical (unpaired) electrons. The smallest absolute Gasteiger partial charge is 0.383 e. The van der Waals surface area contributed by atoms with Gasteiger partial charge in [0.05, 0.1) is 13.2 Å². The van der Waals surface area contributed by atoms with Crippen LogP contribution in [-0.2, 0) is 4.74 Å². The first kappa shape index (κ1) is 15.0. The first-order chi connectivity index (χ1) is 8.42. The Balaban J connectivity index is 2.24. The van der Waals surface area contributed by atoms with Gasteiger partial charge in [-0.15, -0.1) is 0 Å². The van der Waals surface area contributed by atoms with Crippen molar-refractivity contribution in [3.05, 3.63) is 0 Å². The van der Waals surface area contributed by atoms with E-state index in [0.29, 0.717) is 26.2 Å². The van der Waals surface area contributed by atoms with E-state index in [-0.39, 0.29) is 19.1 Å². The van der Waals surface area contributed by atoms with Crippen LogP contribution >= 0.6 is 0 Å². The number of rotatable bonds is 4. The van der Waals surface area contributed by atoms with Crippen LogP contribution in [0, 0.1) is 0 Å². The average Bonchev–Trinajstić information content (AvgIpc) is 2.28. The fraction of sp³-hybridized carbons (Fsp3) is 0.900. The molecule has 5 nitrogen and oxygen atoms in total. The summed E-state index contributed by atoms with van der Waals surface area (Å²) < 4.78 is 41.2. The fourth-order valence-electron chi connectivity index (χ4n) is 1.73. The first-order valence-corrected chi connectivity index (χ1v) is 5.73. The van der Waals surface area contributed by atoms with Crippen LogP contribution < -0.4 is 5.32 Å². The molecule has 106 valence electrons. The Morgan fingerprint density at radius 1 is 1.28 bits per heavy atom. The molecule has 18 heavy (non-hydrogen) atoms. The molecule has 0 aromatic heterocycles. The van der Waals surface area contributed by atoms with Gasteiger partial charge in [0.2, 0.25) is 0 Å². The minimum Gasteiger partial charge on any atom is -0.383 e. The average molecular weight is 269 g/mol. The summed E-state index contributed by atoms with van der Waals surface area (Å²) in [4.78, 5) is 14.4. The maximum absolute atomic E-state index is 12.2. The summed E-state index contributed by atoms with van der Waals surface area (Å²) in [5.41, 5.74) is 0. The molecule has 1 aliphatic heterocycles. The molecule has 0 bridgehead atoms. The normalized spacial score (nSPS) is 17.9. The van der Waals surface area contributed by atoms with E-state index in [4.69, 9.17) is 4.74 Å². The molecule has 8 heteroatoms. The molecular formula is C10H18F3N3O2. The molecule has 1 heterocycles. The summed E-state index contributed by atoms with van der Waals surface area (Å²) in [5.74, 6) is 0. The van der Waals surface area contributed by atoms with Crippen LogP contribution in [0.5, 0.6) is 0 Å². The van der Waals surface area contributed by atoms with E-state index in [1.807, 2.05) is 0 Å². The number of nitrogens with zero attached hydrogens (tertiary/aromatic N) is 2. The van der Waals surface area contributed by atoms with Crippen molar-refractivity contribution < 1.29 is 22.7 Å². The summed E-state index contributed by atoms with van der Waals surface area (Å²) in [5, 5.41) is 2.64. The summed E-state index contributed by atoms with van der Waals surface area (Å²) >= 11 is 0. The SMILES string of the molecule is COCCNC(=O)N1CCN(CC(F)(F)F)CC1. The van der Waals surface area contributed by atoms with Crippen molar-refractivity contribution in [3.63, 3.8) is 0 Å². The van der Waals surface area contributed by atoms with Crippen molar-refractivity contribution in [1.29, 1.82) is 0 Å². The lowest BCUT2D eigenvalue weighted by atomic mass is 10.3. The zero-order valence-electron chi connectivity index (χ0n) is 10.3. The van der Waals surface area contributed by atoms with Crippen molar-refractivity contribution in [2.75, 3.05) is 53.0 Å². The minimum atomic E-state index is -4.18. The Labute approximate surface area is 104 Å². The van der Waals surface area contributed by atoms with E-state index in [1.165, 1.54) is 16.9 Å². The maximum atomic E-state index is 12.2. The van der Waals surface area contributed by atoms with E-state index >= 15 is 0 Å². The third kappa shape index (κ3) is 5.54. The predicted octanol–water partition coefficient (Wildman–Crippen LogP) is 0.522. The number of ether oxygens (including phenoxy) is 1. The summed E-state index contributed by atoms with van der Waals surface area (Å²) in [6.45, 7) is 1.03. The van der Waals surface area contributed by atoms with E-state index in [9.17, 15) is 18.0 Å². The maximum Gasteiger partial charge on any atom is 0.401 e. The number of hydrogen-bond acceptors (Lipinski definition) is 3. The number of nitrogens with one attached hydrogen (secondary N) is 1. The molecule has 0 unspecified atom stereocenters. The van der Waals surface area contributed by atoms with Gasteiger partial charge in [-0.2, -0.15) is 13.2 Å². The number of methoxy groups -OCH3 is 1. The van der Waals surface area contributed by atoms with Gasteiger partial charge >= 0.3 is 12.2 Å². The Kier molecular flexibility index (Phi) is 5.67. The molecule has 1 saturated heterocycles. The standard InChI is InChI=1S/C10H18F3N3O2/c1-18-7-2-14-9(17)16-5-3-15(4-6-16)8-10(11,12)13/h2-8H2,1H3,(H,14,17). The van der Waals surface area contributed by atoms with E-state index < -0.39 is 12.7 Å². The number of halogens is 3. The highest BCUT2D eigenvalue weighted by molar-refractivity contribution is 5.74. The highest BCUT2D eigenvalue weighted by atomic mass is 19.4. The zero-order chi connectivity index (χ0) is 13.6. The highest BCUT2D eigenvalue weighted by Crippen LogP contribution is 2.17. The Bertz CT molecular complexity index is 266. The molecule has 0 aromatic rings. The molecule has 0 atom stereocenters. The van der Waals surface area contributed by atoms with E-state index in [0.717, 1.165) is 0 Å². The third-order valence-electron chi connectivity index (χ3n) is 2.64. The van der Waals surface area contributed by atoms with Crippen LogP contribution in [0.3, 0.4) is 0 Å². The van der Waals surface area contributed by atoms with Crippen molar-refractivity contribution in [3.8, 4) is 0 Å². The van der Waals surface area contributed by atoms with Crippen molar-refractivity contribution in [2.24, 2.45) is 0 Å². The number of hydrogen-bond donors (Lipinski definition) is 1. The highest BCUT2D eigenvalue weighted by Gasteiger charge is 2.32. The molecule has 0 aliphatic carbocycles. The van der Waals surface area contributed by atoms with Crippen LogP contribution in [0.1, 0.15) is 0 Å². The van der Waals surface area contributed by atoms with Crippen LogP contribution in [0.4, 0.5) is 18.0 Å². The van der Waals surface area contributed by atoms with Gasteiger partial charge in [-0.1, -0.05) is 0 Å². The van der Waals surface area contributed by atoms with Gasteiger partial charge in [0, 0.05) is 39.8 Å². The Morgan fingerprint density at radius 2 is 1.89 bits per heavy atom. The van der Waals surface area contributed by atoms with Crippen molar-refractivity contribution in [2.45, 2.75) is 6.18 Å². The number of carbonyl (C=O) groups excluding carboxylic acids is 1. The molecule has 0 saturated carbocycles. The Hall–Kier alpha value is -1.02. The summed E-state index contributed by atoms with van der Waals surface area (Å²) in [6, 6.07) is -0.251. The van der Waals surface area contributed by atoms with Gasteiger partial charge in [0.15, 0.2) is 0 Å². The van der Waals surface area contributed by atoms with Crippen molar-refractivity contribution >= 4 is 6.03 Å². The number of urea groups is 1. The number of amides is 2. The predicted molar refractivity (Wildman–Crippen MR) is 59.3 cm³/mol. The Morgan fingerprint density at radius 3 is 2.39 bits per heavy atom. The summed E-state index contributed by atoms with van der Waals surface area (Å²) in [6.07, 6.45) is -4.18. The number of carbonyl (C=O) groups is 1. The van der Waals surface area contributed by atoms with Crippen LogP contribution in [-0.4, -0.2) is 75.0 Å². The van der Waals surface area contributed by atoms with Crippen LogP contribution in [0.25, 0.3) is 0 Å². The lowest BCUT2D eigenvalue weighted by Crippen LogP contribution is -2.53. The second-order valence-corrected chi connectivity index (χ2v) is 4.10. The van der Waals surface area contributed by atoms with Crippen LogP contribution in [0.2, 0.25) is 0 Å². The fourth-order valence-corrected chi connectivity index (χ4v) is 1.73. The van der Waals surface area contributed by atoms with E-state index in [2.05, 4.69) is 5.32 Å². The number of piperazine rings is 1. The van der Waals surface area contributed by atoms with Crippen LogP contribution in [0.15, 0.2) is 0 Å². The second kappa shape index (κ2) is 6.79. The largest absolute Gasteiger partial charge is 0.401 e. The monoisotopic (exact) mass is 269 g/mol. The van der Waals surface area contributed by atoms with Crippen molar-refractivity contribution in [1.82, 2.24) is 15.1 Å². The zero-order valence-corrected chi connectivity index (χ0v) is 10.3.